The van der Waals surface area contributed by atoms with Crippen molar-refractivity contribution in [2.45, 2.75) is 45.2 Å². The third-order valence-corrected chi connectivity index (χ3v) is 3.70. The molecule has 1 aliphatic rings. The van der Waals surface area contributed by atoms with Gasteiger partial charge in [-0.15, -0.1) is 12.4 Å². The fourth-order valence-corrected chi connectivity index (χ4v) is 2.56. The zero-order valence-corrected chi connectivity index (χ0v) is 12.2. The maximum atomic E-state index is 10.6. The molecule has 0 bridgehead atoms. The smallest absolute Gasteiger partial charge is 0.307 e. The molecule has 4 heteroatoms. The number of carboxylic acid groups (broad SMARTS) is 1. The second kappa shape index (κ2) is 7.51. The van der Waals surface area contributed by atoms with E-state index in [2.05, 4.69) is 24.0 Å². The minimum atomic E-state index is -0.771. The molecule has 1 heterocycles. The number of piperidine rings is 1. The normalized spacial score (nSPS) is 19.7. The standard InChI is InChI=1S/C15H21NO2.ClH/c1-12-4-2-3-9-16(12)11-14-7-5-13(6-8-14)10-15(17)18;/h5-8,12H,2-4,9-11H2,1H3,(H,17,18);1H. The Morgan fingerprint density at radius 3 is 2.47 bits per heavy atom. The van der Waals surface area contributed by atoms with Gasteiger partial charge in [-0.25, -0.2) is 0 Å². The maximum absolute atomic E-state index is 10.6. The highest BCUT2D eigenvalue weighted by Gasteiger charge is 2.17. The predicted molar refractivity (Wildman–Crippen MR) is 78.8 cm³/mol. The van der Waals surface area contributed by atoms with Crippen molar-refractivity contribution in [2.24, 2.45) is 0 Å². The number of benzene rings is 1. The van der Waals surface area contributed by atoms with Crippen molar-refractivity contribution in [3.8, 4) is 0 Å². The summed E-state index contributed by atoms with van der Waals surface area (Å²) >= 11 is 0. The summed E-state index contributed by atoms with van der Waals surface area (Å²) in [6.45, 7) is 4.45. The van der Waals surface area contributed by atoms with E-state index in [-0.39, 0.29) is 18.8 Å². The molecular formula is C15H22ClNO2. The Labute approximate surface area is 121 Å². The number of hydrogen-bond acceptors (Lipinski definition) is 2. The van der Waals surface area contributed by atoms with Gasteiger partial charge in [-0.3, -0.25) is 9.69 Å². The Hall–Kier alpha value is -1.06. The van der Waals surface area contributed by atoms with Crippen LogP contribution in [-0.4, -0.2) is 28.6 Å². The average Bonchev–Trinajstić information content (AvgIpc) is 2.34. The van der Waals surface area contributed by atoms with E-state index in [1.807, 2.05) is 12.1 Å². The number of hydrogen-bond donors (Lipinski definition) is 1. The molecule has 0 saturated carbocycles. The third-order valence-electron chi connectivity index (χ3n) is 3.70. The van der Waals surface area contributed by atoms with Crippen LogP contribution in [0.2, 0.25) is 0 Å². The number of carboxylic acids is 1. The van der Waals surface area contributed by atoms with Crippen molar-refractivity contribution in [3.63, 3.8) is 0 Å². The third kappa shape index (κ3) is 4.84. The quantitative estimate of drug-likeness (QED) is 0.923. The largest absolute Gasteiger partial charge is 0.481 e. The van der Waals surface area contributed by atoms with E-state index in [1.54, 1.807) is 0 Å². The topological polar surface area (TPSA) is 40.5 Å². The fraction of sp³-hybridized carbons (Fsp3) is 0.533. The van der Waals surface area contributed by atoms with E-state index < -0.39 is 5.97 Å². The van der Waals surface area contributed by atoms with Gasteiger partial charge in [0.1, 0.15) is 0 Å². The van der Waals surface area contributed by atoms with Crippen LogP contribution in [0.3, 0.4) is 0 Å². The van der Waals surface area contributed by atoms with Crippen molar-refractivity contribution in [1.29, 1.82) is 0 Å². The van der Waals surface area contributed by atoms with Crippen LogP contribution in [0.4, 0.5) is 0 Å². The lowest BCUT2D eigenvalue weighted by Crippen LogP contribution is -2.36. The fourth-order valence-electron chi connectivity index (χ4n) is 2.56. The van der Waals surface area contributed by atoms with Gasteiger partial charge in [0.25, 0.3) is 0 Å². The van der Waals surface area contributed by atoms with Crippen LogP contribution in [0.5, 0.6) is 0 Å². The highest BCUT2D eigenvalue weighted by atomic mass is 35.5. The van der Waals surface area contributed by atoms with Gasteiger partial charge in [0.05, 0.1) is 6.42 Å². The molecule has 0 aromatic heterocycles. The van der Waals surface area contributed by atoms with E-state index in [0.29, 0.717) is 6.04 Å². The summed E-state index contributed by atoms with van der Waals surface area (Å²) in [7, 11) is 0. The van der Waals surface area contributed by atoms with Gasteiger partial charge in [0.2, 0.25) is 0 Å². The highest BCUT2D eigenvalue weighted by Crippen LogP contribution is 2.19. The first-order chi connectivity index (χ1) is 8.65. The zero-order valence-electron chi connectivity index (χ0n) is 11.3. The average molecular weight is 284 g/mol. The van der Waals surface area contributed by atoms with Gasteiger partial charge in [-0.1, -0.05) is 30.7 Å². The van der Waals surface area contributed by atoms with Crippen LogP contribution in [0.15, 0.2) is 24.3 Å². The first-order valence-corrected chi connectivity index (χ1v) is 6.69. The minimum Gasteiger partial charge on any atom is -0.481 e. The lowest BCUT2D eigenvalue weighted by molar-refractivity contribution is -0.136. The molecule has 1 aliphatic heterocycles. The van der Waals surface area contributed by atoms with Gasteiger partial charge >= 0.3 is 5.97 Å². The molecule has 1 unspecified atom stereocenters. The molecule has 1 aromatic rings. The number of likely N-dealkylation sites (tertiary alicyclic amines) is 1. The molecule has 19 heavy (non-hydrogen) atoms. The molecule has 3 nitrogen and oxygen atoms in total. The summed E-state index contributed by atoms with van der Waals surface area (Å²) < 4.78 is 0. The number of aliphatic carboxylic acids is 1. The van der Waals surface area contributed by atoms with Gasteiger partial charge in [0.15, 0.2) is 0 Å². The molecule has 106 valence electrons. The zero-order chi connectivity index (χ0) is 13.0. The summed E-state index contributed by atoms with van der Waals surface area (Å²) in [4.78, 5) is 13.1. The molecule has 1 fully saturated rings. The summed E-state index contributed by atoms with van der Waals surface area (Å²) in [5.41, 5.74) is 2.15. The monoisotopic (exact) mass is 283 g/mol. The number of carbonyl (C=O) groups is 1. The van der Waals surface area contributed by atoms with Gasteiger partial charge in [-0.2, -0.15) is 0 Å². The Morgan fingerprint density at radius 1 is 1.26 bits per heavy atom. The lowest BCUT2D eigenvalue weighted by Gasteiger charge is -2.33. The maximum Gasteiger partial charge on any atom is 0.307 e. The van der Waals surface area contributed by atoms with Gasteiger partial charge in [-0.05, 0) is 37.4 Å². The predicted octanol–water partition coefficient (Wildman–Crippen LogP) is 3.11. The Kier molecular flexibility index (Phi) is 6.32. The van der Waals surface area contributed by atoms with Crippen LogP contribution in [-0.2, 0) is 17.8 Å². The molecule has 1 aromatic carbocycles. The minimum absolute atomic E-state index is 0. The second-order valence-electron chi connectivity index (χ2n) is 5.20. The van der Waals surface area contributed by atoms with Crippen LogP contribution in [0.1, 0.15) is 37.3 Å². The van der Waals surface area contributed by atoms with Crippen LogP contribution >= 0.6 is 12.4 Å². The molecule has 0 amide bonds. The molecule has 0 spiro atoms. The van der Waals surface area contributed by atoms with E-state index >= 15 is 0 Å². The highest BCUT2D eigenvalue weighted by molar-refractivity contribution is 5.85. The first kappa shape index (κ1) is 16.0. The molecule has 0 aliphatic carbocycles. The molecule has 0 radical (unpaired) electrons. The van der Waals surface area contributed by atoms with Gasteiger partial charge < -0.3 is 5.11 Å². The van der Waals surface area contributed by atoms with E-state index in [9.17, 15) is 4.79 Å². The van der Waals surface area contributed by atoms with Gasteiger partial charge in [0, 0.05) is 12.6 Å². The van der Waals surface area contributed by atoms with Crippen molar-refractivity contribution >= 4 is 18.4 Å². The summed E-state index contributed by atoms with van der Waals surface area (Å²) in [6, 6.07) is 8.63. The Morgan fingerprint density at radius 2 is 1.89 bits per heavy atom. The van der Waals surface area contributed by atoms with E-state index in [4.69, 9.17) is 5.11 Å². The second-order valence-corrected chi connectivity index (χ2v) is 5.20. The SMILES string of the molecule is CC1CCCCN1Cc1ccc(CC(=O)O)cc1.Cl. The first-order valence-electron chi connectivity index (χ1n) is 6.69. The van der Waals surface area contributed by atoms with Crippen molar-refractivity contribution in [2.75, 3.05) is 6.54 Å². The number of rotatable bonds is 4. The summed E-state index contributed by atoms with van der Waals surface area (Å²) in [6.07, 6.45) is 4.04. The van der Waals surface area contributed by atoms with Crippen LogP contribution in [0.25, 0.3) is 0 Å². The summed E-state index contributed by atoms with van der Waals surface area (Å²) in [5, 5.41) is 8.72. The Balaban J connectivity index is 0.00000180. The van der Waals surface area contributed by atoms with Crippen molar-refractivity contribution in [1.82, 2.24) is 4.90 Å². The van der Waals surface area contributed by atoms with Crippen molar-refractivity contribution < 1.29 is 9.90 Å². The van der Waals surface area contributed by atoms with Crippen molar-refractivity contribution in [3.05, 3.63) is 35.4 Å². The number of nitrogens with zero attached hydrogens (tertiary/aromatic N) is 1. The lowest BCUT2D eigenvalue weighted by atomic mass is 10.0. The molecule has 2 rings (SSSR count). The molecule has 1 N–H and O–H groups in total. The van der Waals surface area contributed by atoms with E-state index in [0.717, 1.165) is 12.1 Å². The molecule has 1 saturated heterocycles. The molecular weight excluding hydrogens is 262 g/mol. The Bertz CT molecular complexity index is 405. The summed E-state index contributed by atoms with van der Waals surface area (Å²) in [5.74, 6) is -0.771. The van der Waals surface area contributed by atoms with Crippen LogP contribution < -0.4 is 0 Å². The molecule has 1 atom stereocenters. The van der Waals surface area contributed by atoms with E-state index in [1.165, 1.54) is 31.4 Å². The van der Waals surface area contributed by atoms with Crippen LogP contribution in [0, 0.1) is 0 Å². The number of halogens is 1.